The average molecular weight is 368 g/mol. The average Bonchev–Trinajstić information content (AvgIpc) is 2.55. The van der Waals surface area contributed by atoms with Crippen LogP contribution < -0.4 is 16.0 Å². The van der Waals surface area contributed by atoms with Crippen molar-refractivity contribution in [2.75, 3.05) is 13.1 Å². The maximum atomic E-state index is 12.6. The van der Waals surface area contributed by atoms with Crippen LogP contribution in [0.3, 0.4) is 0 Å². The lowest BCUT2D eigenvalue weighted by Crippen LogP contribution is -2.57. The van der Waals surface area contributed by atoms with Gasteiger partial charge in [-0.15, -0.1) is 12.4 Å². The number of amides is 2. The predicted octanol–water partition coefficient (Wildman–Crippen LogP) is 1.91. The van der Waals surface area contributed by atoms with E-state index >= 15 is 0 Å². The highest BCUT2D eigenvalue weighted by Gasteiger charge is 2.29. The molecule has 2 rings (SSSR count). The largest absolute Gasteiger partial charge is 0.350 e. The van der Waals surface area contributed by atoms with Gasteiger partial charge in [0.1, 0.15) is 6.04 Å². The highest BCUT2D eigenvalue weighted by Crippen LogP contribution is 2.12. The molecule has 25 heavy (non-hydrogen) atoms. The first-order valence-corrected chi connectivity index (χ1v) is 8.81. The van der Waals surface area contributed by atoms with E-state index in [1.54, 1.807) is 0 Å². The number of carbonyl (C=O) groups excluding carboxylic acids is 2. The Balaban J connectivity index is 0.00000312. The molecule has 1 aliphatic heterocycles. The van der Waals surface area contributed by atoms with Crippen LogP contribution in [0.1, 0.15) is 32.8 Å². The molecule has 0 bridgehead atoms. The minimum Gasteiger partial charge on any atom is -0.350 e. The molecule has 5 nitrogen and oxygen atoms in total. The number of carbonyl (C=O) groups is 2. The van der Waals surface area contributed by atoms with Gasteiger partial charge in [-0.1, -0.05) is 51.1 Å². The summed E-state index contributed by atoms with van der Waals surface area (Å²) in [6.45, 7) is 7.85. The van der Waals surface area contributed by atoms with Crippen LogP contribution in [-0.2, 0) is 16.0 Å². The van der Waals surface area contributed by atoms with Crippen LogP contribution in [-0.4, -0.2) is 37.0 Å². The van der Waals surface area contributed by atoms with E-state index in [1.165, 1.54) is 0 Å². The van der Waals surface area contributed by atoms with Crippen LogP contribution in [0.5, 0.6) is 0 Å². The summed E-state index contributed by atoms with van der Waals surface area (Å²) in [5, 5.41) is 9.31. The second-order valence-corrected chi connectivity index (χ2v) is 7.04. The Hall–Kier alpha value is -1.59. The molecule has 1 aromatic rings. The van der Waals surface area contributed by atoms with Gasteiger partial charge >= 0.3 is 0 Å². The Kier molecular flexibility index (Phi) is 8.93. The lowest BCUT2D eigenvalue weighted by molar-refractivity contribution is -0.130. The second kappa shape index (κ2) is 10.4. The summed E-state index contributed by atoms with van der Waals surface area (Å²) in [5.41, 5.74) is 0.947. The molecule has 3 atom stereocenters. The number of halogens is 1. The number of rotatable bonds is 6. The maximum Gasteiger partial charge on any atom is 0.243 e. The van der Waals surface area contributed by atoms with Crippen molar-refractivity contribution in [1.82, 2.24) is 16.0 Å². The molecule has 1 heterocycles. The van der Waals surface area contributed by atoms with E-state index in [1.807, 2.05) is 44.2 Å². The van der Waals surface area contributed by atoms with Gasteiger partial charge in [0.2, 0.25) is 11.8 Å². The lowest BCUT2D eigenvalue weighted by Gasteiger charge is -2.32. The molecular formula is C19H30ClN3O2. The summed E-state index contributed by atoms with van der Waals surface area (Å²) in [4.78, 5) is 24.9. The van der Waals surface area contributed by atoms with Crippen molar-refractivity contribution >= 4 is 24.2 Å². The summed E-state index contributed by atoms with van der Waals surface area (Å²) >= 11 is 0. The third kappa shape index (κ3) is 6.67. The van der Waals surface area contributed by atoms with E-state index in [4.69, 9.17) is 0 Å². The molecule has 1 aromatic carbocycles. The van der Waals surface area contributed by atoms with Crippen LogP contribution in [0, 0.1) is 11.8 Å². The van der Waals surface area contributed by atoms with Gasteiger partial charge in [-0.3, -0.25) is 9.59 Å². The summed E-state index contributed by atoms with van der Waals surface area (Å²) in [5.74, 6) is 0.274. The number of benzene rings is 1. The topological polar surface area (TPSA) is 70.2 Å². The summed E-state index contributed by atoms with van der Waals surface area (Å²) in [6.07, 6.45) is 1.34. The van der Waals surface area contributed by atoms with Gasteiger partial charge in [0.05, 0.1) is 6.42 Å². The molecule has 0 aliphatic carbocycles. The standard InChI is InChI=1S/C19H29N3O2.ClH/c1-13(2)18(19(24)21-16-12-20-10-9-14(16)3)22-17(23)11-15-7-5-4-6-8-15;/h4-8,13-14,16,18,20H,9-12H2,1-3H3,(H,21,24)(H,22,23);1H. The van der Waals surface area contributed by atoms with Crippen molar-refractivity contribution < 1.29 is 9.59 Å². The van der Waals surface area contributed by atoms with E-state index in [0.29, 0.717) is 12.3 Å². The van der Waals surface area contributed by atoms with Gasteiger partial charge in [0.25, 0.3) is 0 Å². The molecule has 6 heteroatoms. The minimum atomic E-state index is -0.504. The molecule has 1 aliphatic rings. The Morgan fingerprint density at radius 3 is 2.52 bits per heavy atom. The van der Waals surface area contributed by atoms with Gasteiger partial charge in [-0.2, -0.15) is 0 Å². The molecule has 0 saturated carbocycles. The fourth-order valence-electron chi connectivity index (χ4n) is 3.00. The lowest BCUT2D eigenvalue weighted by atomic mass is 9.93. The molecule has 0 radical (unpaired) electrons. The van der Waals surface area contributed by atoms with E-state index in [9.17, 15) is 9.59 Å². The zero-order chi connectivity index (χ0) is 17.5. The van der Waals surface area contributed by atoms with Crippen LogP contribution >= 0.6 is 12.4 Å². The van der Waals surface area contributed by atoms with Crippen molar-refractivity contribution in [3.05, 3.63) is 35.9 Å². The second-order valence-electron chi connectivity index (χ2n) is 7.04. The monoisotopic (exact) mass is 367 g/mol. The first-order chi connectivity index (χ1) is 11.5. The first kappa shape index (κ1) is 21.5. The molecule has 140 valence electrons. The Bertz CT molecular complexity index is 551. The van der Waals surface area contributed by atoms with Crippen LogP contribution in [0.2, 0.25) is 0 Å². The highest BCUT2D eigenvalue weighted by molar-refractivity contribution is 5.88. The normalized spacial score (nSPS) is 21.1. The van der Waals surface area contributed by atoms with E-state index in [2.05, 4.69) is 22.9 Å². The quantitative estimate of drug-likeness (QED) is 0.719. The van der Waals surface area contributed by atoms with E-state index in [-0.39, 0.29) is 36.2 Å². The van der Waals surface area contributed by atoms with Crippen LogP contribution in [0.4, 0.5) is 0 Å². The van der Waals surface area contributed by atoms with Gasteiger partial charge < -0.3 is 16.0 Å². The smallest absolute Gasteiger partial charge is 0.243 e. The fourth-order valence-corrected chi connectivity index (χ4v) is 3.00. The summed E-state index contributed by atoms with van der Waals surface area (Å²) < 4.78 is 0. The zero-order valence-electron chi connectivity index (χ0n) is 15.2. The van der Waals surface area contributed by atoms with Gasteiger partial charge in [-0.05, 0) is 30.4 Å². The van der Waals surface area contributed by atoms with Crippen molar-refractivity contribution in [2.45, 2.75) is 45.7 Å². The third-order valence-corrected chi connectivity index (χ3v) is 4.63. The van der Waals surface area contributed by atoms with Crippen LogP contribution in [0.25, 0.3) is 0 Å². The number of nitrogens with one attached hydrogen (secondary N) is 3. The Morgan fingerprint density at radius 2 is 1.92 bits per heavy atom. The highest BCUT2D eigenvalue weighted by atomic mass is 35.5. The zero-order valence-corrected chi connectivity index (χ0v) is 16.1. The Labute approximate surface area is 156 Å². The van der Waals surface area contributed by atoms with E-state index in [0.717, 1.165) is 25.1 Å². The molecule has 3 N–H and O–H groups in total. The van der Waals surface area contributed by atoms with Crippen molar-refractivity contribution in [2.24, 2.45) is 11.8 Å². The number of piperidine rings is 1. The fraction of sp³-hybridized carbons (Fsp3) is 0.579. The van der Waals surface area contributed by atoms with Gasteiger partial charge in [0, 0.05) is 12.6 Å². The molecular weight excluding hydrogens is 338 g/mol. The van der Waals surface area contributed by atoms with Gasteiger partial charge in [-0.25, -0.2) is 0 Å². The molecule has 1 fully saturated rings. The molecule has 3 unspecified atom stereocenters. The maximum absolute atomic E-state index is 12.6. The SMILES string of the molecule is CC(C)C(NC(=O)Cc1ccccc1)C(=O)NC1CNCCC1C.Cl. The summed E-state index contributed by atoms with van der Waals surface area (Å²) in [7, 11) is 0. The molecule has 1 saturated heterocycles. The van der Waals surface area contributed by atoms with Crippen LogP contribution in [0.15, 0.2) is 30.3 Å². The Morgan fingerprint density at radius 1 is 1.24 bits per heavy atom. The molecule has 0 spiro atoms. The predicted molar refractivity (Wildman–Crippen MR) is 103 cm³/mol. The molecule has 0 aromatic heterocycles. The minimum absolute atomic E-state index is 0. The number of hydrogen-bond donors (Lipinski definition) is 3. The third-order valence-electron chi connectivity index (χ3n) is 4.63. The van der Waals surface area contributed by atoms with E-state index < -0.39 is 6.04 Å². The van der Waals surface area contributed by atoms with Crippen molar-refractivity contribution in [3.8, 4) is 0 Å². The van der Waals surface area contributed by atoms with Gasteiger partial charge in [0.15, 0.2) is 0 Å². The molecule has 2 amide bonds. The van der Waals surface area contributed by atoms with Crippen molar-refractivity contribution in [3.63, 3.8) is 0 Å². The number of hydrogen-bond acceptors (Lipinski definition) is 3. The van der Waals surface area contributed by atoms with Crippen molar-refractivity contribution in [1.29, 1.82) is 0 Å². The first-order valence-electron chi connectivity index (χ1n) is 8.81. The summed E-state index contributed by atoms with van der Waals surface area (Å²) in [6, 6.07) is 9.19.